The molecule has 0 atom stereocenters. The van der Waals surface area contributed by atoms with Gasteiger partial charge in [0.25, 0.3) is 0 Å². The van der Waals surface area contributed by atoms with Crippen LogP contribution in [0.4, 0.5) is 4.39 Å². The molecule has 3 aromatic rings. The highest BCUT2D eigenvalue weighted by Gasteiger charge is 2.08. The van der Waals surface area contributed by atoms with Gasteiger partial charge in [0.15, 0.2) is 0 Å². The lowest BCUT2D eigenvalue weighted by atomic mass is 9.99. The van der Waals surface area contributed by atoms with Gasteiger partial charge in [0.05, 0.1) is 0 Å². The molecule has 0 saturated heterocycles. The lowest BCUT2D eigenvalue weighted by Crippen LogP contribution is -1.86. The molecule has 3 rings (SSSR count). The molecule has 23 heavy (non-hydrogen) atoms. The fraction of sp³-hybridized carbons (Fsp3) is 0. The SMILES string of the molecule is N#CSc1ccc(-c2ccc(-c3ccc(O)cc3)cc2F)cc1. The number of rotatable bonds is 3. The Morgan fingerprint density at radius 3 is 2.04 bits per heavy atom. The quantitative estimate of drug-likeness (QED) is 0.516. The standard InChI is InChI=1S/C19H12FNOS/c20-19-11-15(13-1-6-16(22)7-2-13)5-10-18(19)14-3-8-17(9-4-14)23-12-21/h1-11,22H. The van der Waals surface area contributed by atoms with Gasteiger partial charge in [-0.3, -0.25) is 0 Å². The van der Waals surface area contributed by atoms with Crippen molar-refractivity contribution in [2.45, 2.75) is 4.90 Å². The molecule has 0 aliphatic heterocycles. The number of hydrogen-bond acceptors (Lipinski definition) is 3. The molecule has 0 spiro atoms. The molecule has 0 aliphatic rings. The number of phenolic OH excluding ortho intramolecular Hbond substituents is 1. The summed E-state index contributed by atoms with van der Waals surface area (Å²) in [5.41, 5.74) is 2.88. The van der Waals surface area contributed by atoms with Crippen molar-refractivity contribution in [3.05, 3.63) is 72.5 Å². The predicted molar refractivity (Wildman–Crippen MR) is 90.4 cm³/mol. The summed E-state index contributed by atoms with van der Waals surface area (Å²) < 4.78 is 14.4. The monoisotopic (exact) mass is 321 g/mol. The lowest BCUT2D eigenvalue weighted by Gasteiger charge is -2.07. The summed E-state index contributed by atoms with van der Waals surface area (Å²) in [6.45, 7) is 0. The van der Waals surface area contributed by atoms with Crippen LogP contribution in [0.2, 0.25) is 0 Å². The summed E-state index contributed by atoms with van der Waals surface area (Å²) in [6, 6.07) is 18.9. The third kappa shape index (κ3) is 3.36. The first-order valence-corrected chi connectivity index (χ1v) is 7.74. The molecule has 1 N–H and O–H groups in total. The van der Waals surface area contributed by atoms with Crippen LogP contribution >= 0.6 is 11.8 Å². The first-order valence-electron chi connectivity index (χ1n) is 6.93. The van der Waals surface area contributed by atoms with Gasteiger partial charge >= 0.3 is 0 Å². The first kappa shape index (κ1) is 15.1. The Hall–Kier alpha value is -2.77. The van der Waals surface area contributed by atoms with Crippen molar-refractivity contribution in [2.75, 3.05) is 0 Å². The molecule has 0 aromatic heterocycles. The van der Waals surface area contributed by atoms with E-state index in [-0.39, 0.29) is 11.6 Å². The summed E-state index contributed by atoms with van der Waals surface area (Å²) in [5, 5.41) is 20.0. The van der Waals surface area contributed by atoms with E-state index in [1.54, 1.807) is 54.6 Å². The van der Waals surface area contributed by atoms with Crippen LogP contribution in [0, 0.1) is 16.5 Å². The van der Waals surface area contributed by atoms with Crippen LogP contribution in [0.25, 0.3) is 22.3 Å². The molecular weight excluding hydrogens is 309 g/mol. The van der Waals surface area contributed by atoms with Gasteiger partial charge in [0.1, 0.15) is 17.0 Å². The van der Waals surface area contributed by atoms with Crippen LogP contribution < -0.4 is 0 Å². The molecule has 2 nitrogen and oxygen atoms in total. The molecule has 3 aromatic carbocycles. The van der Waals surface area contributed by atoms with Crippen LogP contribution in [0.15, 0.2) is 71.6 Å². The summed E-state index contributed by atoms with van der Waals surface area (Å²) >= 11 is 1.08. The maximum atomic E-state index is 14.4. The second kappa shape index (κ2) is 6.55. The first-order chi connectivity index (χ1) is 11.2. The fourth-order valence-electron chi connectivity index (χ4n) is 2.34. The summed E-state index contributed by atoms with van der Waals surface area (Å²) in [7, 11) is 0. The van der Waals surface area contributed by atoms with Gasteiger partial charge in [0, 0.05) is 10.5 Å². The lowest BCUT2D eigenvalue weighted by molar-refractivity contribution is 0.475. The van der Waals surface area contributed by atoms with E-state index in [1.165, 1.54) is 6.07 Å². The van der Waals surface area contributed by atoms with E-state index < -0.39 is 0 Å². The zero-order valence-electron chi connectivity index (χ0n) is 12.0. The maximum absolute atomic E-state index is 14.4. The highest BCUT2D eigenvalue weighted by molar-refractivity contribution is 8.03. The van der Waals surface area contributed by atoms with Crippen LogP contribution in [-0.4, -0.2) is 5.11 Å². The number of nitrogens with zero attached hydrogens (tertiary/aromatic N) is 1. The van der Waals surface area contributed by atoms with E-state index in [9.17, 15) is 9.50 Å². The molecular formula is C19H12FNOS. The number of aromatic hydroxyl groups is 1. The number of thiocyanates is 1. The molecule has 0 heterocycles. The Morgan fingerprint density at radius 2 is 1.43 bits per heavy atom. The number of hydrogen-bond donors (Lipinski definition) is 1. The van der Waals surface area contributed by atoms with Gasteiger partial charge in [-0.1, -0.05) is 36.4 Å². The predicted octanol–water partition coefficient (Wildman–Crippen LogP) is 5.44. The van der Waals surface area contributed by atoms with Crippen LogP contribution in [0.1, 0.15) is 0 Å². The van der Waals surface area contributed by atoms with Crippen molar-refractivity contribution in [1.29, 1.82) is 5.26 Å². The number of nitriles is 1. The second-order valence-corrected chi connectivity index (χ2v) is 5.82. The van der Waals surface area contributed by atoms with Gasteiger partial charge in [-0.15, -0.1) is 0 Å². The Labute approximate surface area is 137 Å². The van der Waals surface area contributed by atoms with E-state index in [0.717, 1.165) is 33.3 Å². The Morgan fingerprint density at radius 1 is 0.826 bits per heavy atom. The van der Waals surface area contributed by atoms with Crippen molar-refractivity contribution in [3.8, 4) is 33.4 Å². The van der Waals surface area contributed by atoms with Gasteiger partial charge in [-0.05, 0) is 58.8 Å². The molecule has 0 fully saturated rings. The topological polar surface area (TPSA) is 44.0 Å². The number of thioether (sulfide) groups is 1. The maximum Gasteiger partial charge on any atom is 0.138 e. The largest absolute Gasteiger partial charge is 0.508 e. The van der Waals surface area contributed by atoms with Crippen molar-refractivity contribution in [1.82, 2.24) is 0 Å². The minimum atomic E-state index is -0.309. The summed E-state index contributed by atoms with van der Waals surface area (Å²) in [6.07, 6.45) is 0. The molecule has 0 amide bonds. The van der Waals surface area contributed by atoms with Gasteiger partial charge in [-0.25, -0.2) is 4.39 Å². The average molecular weight is 321 g/mol. The van der Waals surface area contributed by atoms with E-state index in [4.69, 9.17) is 5.26 Å². The van der Waals surface area contributed by atoms with Crippen LogP contribution in [0.3, 0.4) is 0 Å². The van der Waals surface area contributed by atoms with Crippen molar-refractivity contribution < 1.29 is 9.50 Å². The second-order valence-electron chi connectivity index (χ2n) is 4.96. The Balaban J connectivity index is 1.93. The Bertz CT molecular complexity index is 867. The smallest absolute Gasteiger partial charge is 0.138 e. The number of benzene rings is 3. The third-order valence-electron chi connectivity index (χ3n) is 3.50. The molecule has 0 saturated carbocycles. The van der Waals surface area contributed by atoms with Crippen LogP contribution in [0.5, 0.6) is 5.75 Å². The van der Waals surface area contributed by atoms with Crippen molar-refractivity contribution in [3.63, 3.8) is 0 Å². The minimum Gasteiger partial charge on any atom is -0.508 e. The highest BCUT2D eigenvalue weighted by atomic mass is 32.2. The fourth-order valence-corrected chi connectivity index (χ4v) is 2.72. The van der Waals surface area contributed by atoms with E-state index in [0.29, 0.717) is 5.56 Å². The average Bonchev–Trinajstić information content (AvgIpc) is 2.57. The van der Waals surface area contributed by atoms with Gasteiger partial charge in [0.2, 0.25) is 0 Å². The van der Waals surface area contributed by atoms with Crippen LogP contribution in [-0.2, 0) is 0 Å². The minimum absolute atomic E-state index is 0.182. The Kier molecular flexibility index (Phi) is 4.31. The molecule has 4 heteroatoms. The van der Waals surface area contributed by atoms with Crippen molar-refractivity contribution in [2.24, 2.45) is 0 Å². The molecule has 0 unspecified atom stereocenters. The normalized spacial score (nSPS) is 10.3. The third-order valence-corrected chi connectivity index (χ3v) is 4.10. The number of phenols is 1. The summed E-state index contributed by atoms with van der Waals surface area (Å²) in [5.74, 6) is -0.127. The van der Waals surface area contributed by atoms with E-state index in [2.05, 4.69) is 0 Å². The zero-order valence-corrected chi connectivity index (χ0v) is 12.8. The number of halogens is 1. The summed E-state index contributed by atoms with van der Waals surface area (Å²) in [4.78, 5) is 0.831. The molecule has 0 aliphatic carbocycles. The van der Waals surface area contributed by atoms with E-state index in [1.807, 2.05) is 11.5 Å². The van der Waals surface area contributed by atoms with E-state index >= 15 is 0 Å². The molecule has 112 valence electrons. The van der Waals surface area contributed by atoms with Crippen molar-refractivity contribution >= 4 is 11.8 Å². The van der Waals surface area contributed by atoms with Gasteiger partial charge in [-0.2, -0.15) is 5.26 Å². The van der Waals surface area contributed by atoms with Gasteiger partial charge < -0.3 is 5.11 Å². The zero-order chi connectivity index (χ0) is 16.2. The highest BCUT2D eigenvalue weighted by Crippen LogP contribution is 2.30. The molecule has 0 bridgehead atoms. The molecule has 0 radical (unpaired) electrons.